The van der Waals surface area contributed by atoms with Gasteiger partial charge < -0.3 is 5.32 Å². The molecular weight excluding hydrogens is 254 g/mol. The molecule has 0 aromatic carbocycles. The molecule has 0 unspecified atom stereocenters. The maximum absolute atomic E-state index is 4.37. The van der Waals surface area contributed by atoms with Crippen LogP contribution in [0.3, 0.4) is 0 Å². The molecule has 1 N–H and O–H groups in total. The Hall–Kier alpha value is -0.350. The van der Waals surface area contributed by atoms with E-state index >= 15 is 0 Å². The van der Waals surface area contributed by atoms with Crippen LogP contribution in [0.2, 0.25) is 0 Å². The highest BCUT2D eigenvalue weighted by Gasteiger charge is 2.45. The lowest BCUT2D eigenvalue weighted by molar-refractivity contribution is 0.0230. The van der Waals surface area contributed by atoms with Gasteiger partial charge in [-0.05, 0) is 60.1 Å². The minimum absolute atomic E-state index is 0.647. The van der Waals surface area contributed by atoms with E-state index in [1.165, 1.54) is 38.8 Å². The summed E-state index contributed by atoms with van der Waals surface area (Å²) >= 11 is 3.45. The number of piperidine rings is 1. The summed E-state index contributed by atoms with van der Waals surface area (Å²) in [5, 5.41) is 7.81. The van der Waals surface area contributed by atoms with Crippen LogP contribution in [0, 0.1) is 5.41 Å². The third kappa shape index (κ3) is 1.74. The van der Waals surface area contributed by atoms with E-state index in [0.29, 0.717) is 11.5 Å². The maximum atomic E-state index is 4.37. The van der Waals surface area contributed by atoms with Crippen molar-refractivity contribution in [1.82, 2.24) is 15.1 Å². The highest BCUT2D eigenvalue weighted by Crippen LogP contribution is 2.53. The van der Waals surface area contributed by atoms with Gasteiger partial charge >= 0.3 is 0 Å². The molecule has 2 fully saturated rings. The molecule has 0 atom stereocenters. The van der Waals surface area contributed by atoms with Crippen molar-refractivity contribution in [3.8, 4) is 0 Å². The van der Waals surface area contributed by atoms with Gasteiger partial charge in [-0.25, -0.2) is 0 Å². The van der Waals surface area contributed by atoms with Crippen LogP contribution in [0.15, 0.2) is 16.9 Å². The Kier molecular flexibility index (Phi) is 2.36. The predicted molar refractivity (Wildman–Crippen MR) is 62.7 cm³/mol. The number of nitrogens with one attached hydrogen (secondary N) is 1. The summed E-state index contributed by atoms with van der Waals surface area (Å²) in [6.07, 6.45) is 9.33. The molecule has 82 valence electrons. The highest BCUT2D eigenvalue weighted by atomic mass is 79.9. The van der Waals surface area contributed by atoms with Crippen molar-refractivity contribution in [3.05, 3.63) is 16.9 Å². The summed E-state index contributed by atoms with van der Waals surface area (Å²) in [6, 6.07) is 0.648. The molecule has 15 heavy (non-hydrogen) atoms. The number of halogens is 1. The molecule has 1 aliphatic carbocycles. The SMILES string of the molecule is Brc1cnn(C2CC3(CCNCC3)C2)c1. The molecule has 1 aromatic rings. The smallest absolute Gasteiger partial charge is 0.0632 e. The van der Waals surface area contributed by atoms with Crippen LogP contribution in [-0.2, 0) is 0 Å². The summed E-state index contributed by atoms with van der Waals surface area (Å²) in [5.74, 6) is 0. The maximum Gasteiger partial charge on any atom is 0.0632 e. The van der Waals surface area contributed by atoms with Crippen molar-refractivity contribution in [1.29, 1.82) is 0 Å². The summed E-state index contributed by atoms with van der Waals surface area (Å²) < 4.78 is 3.21. The third-order valence-corrected chi connectivity index (χ3v) is 4.36. The van der Waals surface area contributed by atoms with Crippen LogP contribution in [0.1, 0.15) is 31.7 Å². The third-order valence-electron chi connectivity index (χ3n) is 3.95. The lowest BCUT2D eigenvalue weighted by Gasteiger charge is -2.50. The zero-order valence-corrected chi connectivity index (χ0v) is 10.3. The quantitative estimate of drug-likeness (QED) is 0.849. The van der Waals surface area contributed by atoms with Gasteiger partial charge in [0.05, 0.1) is 16.7 Å². The average molecular weight is 270 g/mol. The Balaban J connectivity index is 1.65. The molecule has 2 aliphatic rings. The monoisotopic (exact) mass is 269 g/mol. The van der Waals surface area contributed by atoms with Gasteiger partial charge in [-0.1, -0.05) is 0 Å². The van der Waals surface area contributed by atoms with E-state index in [-0.39, 0.29) is 0 Å². The second kappa shape index (κ2) is 3.59. The van der Waals surface area contributed by atoms with Crippen LogP contribution in [-0.4, -0.2) is 22.9 Å². The molecule has 1 aromatic heterocycles. The second-order valence-electron chi connectivity index (χ2n) is 4.95. The first-order valence-corrected chi connectivity index (χ1v) is 6.47. The molecule has 0 radical (unpaired) electrons. The fourth-order valence-electron chi connectivity index (χ4n) is 3.01. The second-order valence-corrected chi connectivity index (χ2v) is 5.87. The molecule has 1 saturated heterocycles. The molecule has 4 heteroatoms. The first-order chi connectivity index (χ1) is 7.27. The summed E-state index contributed by atoms with van der Waals surface area (Å²) in [4.78, 5) is 0. The Morgan fingerprint density at radius 3 is 2.73 bits per heavy atom. The fraction of sp³-hybridized carbons (Fsp3) is 0.727. The van der Waals surface area contributed by atoms with Gasteiger partial charge in [0.25, 0.3) is 0 Å². The molecule has 3 rings (SSSR count). The molecular formula is C11H16BrN3. The molecule has 2 heterocycles. The lowest BCUT2D eigenvalue weighted by Crippen LogP contribution is -2.46. The average Bonchev–Trinajstić information content (AvgIpc) is 2.62. The molecule has 1 aliphatic heterocycles. The van der Waals surface area contributed by atoms with Crippen LogP contribution >= 0.6 is 15.9 Å². The van der Waals surface area contributed by atoms with E-state index in [1.807, 2.05) is 6.20 Å². The van der Waals surface area contributed by atoms with E-state index < -0.39 is 0 Å². The fourth-order valence-corrected chi connectivity index (χ4v) is 3.31. The van der Waals surface area contributed by atoms with Crippen molar-refractivity contribution in [2.75, 3.05) is 13.1 Å². The van der Waals surface area contributed by atoms with Gasteiger partial charge in [-0.15, -0.1) is 0 Å². The van der Waals surface area contributed by atoms with E-state index in [0.717, 1.165) is 4.47 Å². The van der Waals surface area contributed by atoms with Crippen molar-refractivity contribution in [2.24, 2.45) is 5.41 Å². The Bertz CT molecular complexity index is 346. The minimum Gasteiger partial charge on any atom is -0.317 e. The molecule has 3 nitrogen and oxygen atoms in total. The number of aromatic nitrogens is 2. The van der Waals surface area contributed by atoms with Gasteiger partial charge in [0.1, 0.15) is 0 Å². The summed E-state index contributed by atoms with van der Waals surface area (Å²) in [7, 11) is 0. The number of rotatable bonds is 1. The van der Waals surface area contributed by atoms with Crippen molar-refractivity contribution in [2.45, 2.75) is 31.7 Å². The number of hydrogen-bond acceptors (Lipinski definition) is 2. The molecule has 0 amide bonds. The van der Waals surface area contributed by atoms with Crippen LogP contribution in [0.25, 0.3) is 0 Å². The first-order valence-electron chi connectivity index (χ1n) is 5.68. The van der Waals surface area contributed by atoms with E-state index in [2.05, 4.69) is 37.2 Å². The van der Waals surface area contributed by atoms with Gasteiger partial charge in [-0.3, -0.25) is 4.68 Å². The van der Waals surface area contributed by atoms with Gasteiger partial charge in [0.15, 0.2) is 0 Å². The zero-order valence-electron chi connectivity index (χ0n) is 8.75. The standard InChI is InChI=1S/C11H16BrN3/c12-9-7-14-15(8-9)10-5-11(6-10)1-3-13-4-2-11/h7-8,10,13H,1-6H2. The largest absolute Gasteiger partial charge is 0.317 e. The molecule has 0 bridgehead atoms. The van der Waals surface area contributed by atoms with Crippen molar-refractivity contribution in [3.63, 3.8) is 0 Å². The lowest BCUT2D eigenvalue weighted by atomic mass is 9.60. The van der Waals surface area contributed by atoms with Gasteiger partial charge in [-0.2, -0.15) is 5.10 Å². The highest BCUT2D eigenvalue weighted by molar-refractivity contribution is 9.10. The number of nitrogens with zero attached hydrogens (tertiary/aromatic N) is 2. The van der Waals surface area contributed by atoms with E-state index in [4.69, 9.17) is 0 Å². The zero-order chi connectivity index (χ0) is 10.3. The Labute approximate surface area is 98.4 Å². The van der Waals surface area contributed by atoms with Crippen LogP contribution < -0.4 is 5.32 Å². The van der Waals surface area contributed by atoms with E-state index in [1.54, 1.807) is 0 Å². The minimum atomic E-state index is 0.647. The van der Waals surface area contributed by atoms with Gasteiger partial charge in [0.2, 0.25) is 0 Å². The topological polar surface area (TPSA) is 29.9 Å². The van der Waals surface area contributed by atoms with Crippen LogP contribution in [0.5, 0.6) is 0 Å². The van der Waals surface area contributed by atoms with Gasteiger partial charge in [0, 0.05) is 6.20 Å². The Morgan fingerprint density at radius 2 is 2.13 bits per heavy atom. The van der Waals surface area contributed by atoms with Crippen LogP contribution in [0.4, 0.5) is 0 Å². The molecule has 1 saturated carbocycles. The molecule has 1 spiro atoms. The summed E-state index contributed by atoms with van der Waals surface area (Å²) in [5.41, 5.74) is 0.647. The number of hydrogen-bond donors (Lipinski definition) is 1. The van der Waals surface area contributed by atoms with Crippen molar-refractivity contribution >= 4 is 15.9 Å². The Morgan fingerprint density at radius 1 is 1.40 bits per heavy atom. The van der Waals surface area contributed by atoms with E-state index in [9.17, 15) is 0 Å². The predicted octanol–water partition coefficient (Wildman–Crippen LogP) is 2.35. The summed E-state index contributed by atoms with van der Waals surface area (Å²) in [6.45, 7) is 2.41. The van der Waals surface area contributed by atoms with Crippen molar-refractivity contribution < 1.29 is 0 Å². The first kappa shape index (κ1) is 9.85. The normalized spacial score (nSPS) is 25.4.